The van der Waals surface area contributed by atoms with E-state index in [1.165, 1.54) is 0 Å². The maximum Gasteiger partial charge on any atom is 0.317 e. The third-order valence-corrected chi connectivity index (χ3v) is 3.21. The van der Waals surface area contributed by atoms with Crippen LogP contribution in [0.4, 0.5) is 4.79 Å². The van der Waals surface area contributed by atoms with Crippen LogP contribution in [0.2, 0.25) is 0 Å². The molecule has 106 valence electrons. The van der Waals surface area contributed by atoms with Gasteiger partial charge in [0.15, 0.2) is 0 Å². The van der Waals surface area contributed by atoms with E-state index in [0.29, 0.717) is 13.1 Å². The van der Waals surface area contributed by atoms with E-state index in [4.69, 9.17) is 4.52 Å². The minimum Gasteiger partial charge on any atom is -0.361 e. The standard InChI is InChI=1S/C15H19N3O2/c1-11-14(12(2)20-17-11)10-18(3)15(19)16-9-13-7-5-4-6-8-13/h4-8H,9-10H2,1-3H3,(H,16,19). The monoisotopic (exact) mass is 273 g/mol. The van der Waals surface area contributed by atoms with Crippen LogP contribution in [0, 0.1) is 13.8 Å². The van der Waals surface area contributed by atoms with Crippen molar-refractivity contribution in [2.45, 2.75) is 26.9 Å². The van der Waals surface area contributed by atoms with Gasteiger partial charge >= 0.3 is 6.03 Å². The van der Waals surface area contributed by atoms with Gasteiger partial charge in [-0.15, -0.1) is 0 Å². The Morgan fingerprint density at radius 2 is 2.00 bits per heavy atom. The second-order valence-electron chi connectivity index (χ2n) is 4.80. The van der Waals surface area contributed by atoms with Crippen molar-refractivity contribution in [3.05, 3.63) is 52.9 Å². The fourth-order valence-corrected chi connectivity index (χ4v) is 1.95. The molecular weight excluding hydrogens is 254 g/mol. The van der Waals surface area contributed by atoms with Gasteiger partial charge in [-0.1, -0.05) is 35.5 Å². The lowest BCUT2D eigenvalue weighted by atomic mass is 10.2. The highest BCUT2D eigenvalue weighted by Gasteiger charge is 2.14. The first-order valence-electron chi connectivity index (χ1n) is 6.52. The average Bonchev–Trinajstić information content (AvgIpc) is 2.77. The summed E-state index contributed by atoms with van der Waals surface area (Å²) in [6.45, 7) is 4.74. The van der Waals surface area contributed by atoms with Crippen LogP contribution < -0.4 is 5.32 Å². The molecule has 0 spiro atoms. The Morgan fingerprint density at radius 3 is 2.60 bits per heavy atom. The number of hydrogen-bond acceptors (Lipinski definition) is 3. The number of aryl methyl sites for hydroxylation is 2. The molecule has 0 saturated carbocycles. The lowest BCUT2D eigenvalue weighted by Gasteiger charge is -2.17. The lowest BCUT2D eigenvalue weighted by molar-refractivity contribution is 0.206. The van der Waals surface area contributed by atoms with E-state index in [0.717, 1.165) is 22.6 Å². The SMILES string of the molecule is Cc1noc(C)c1CN(C)C(=O)NCc1ccccc1. The Labute approximate surface area is 118 Å². The van der Waals surface area contributed by atoms with Crippen molar-refractivity contribution in [1.29, 1.82) is 0 Å². The molecule has 0 aliphatic carbocycles. The molecule has 2 rings (SSSR count). The molecule has 0 bridgehead atoms. The zero-order chi connectivity index (χ0) is 14.5. The Hall–Kier alpha value is -2.30. The van der Waals surface area contributed by atoms with Crippen LogP contribution in [0.5, 0.6) is 0 Å². The molecule has 0 aliphatic rings. The summed E-state index contributed by atoms with van der Waals surface area (Å²) in [4.78, 5) is 13.6. The third-order valence-electron chi connectivity index (χ3n) is 3.21. The van der Waals surface area contributed by atoms with Crippen molar-refractivity contribution in [2.24, 2.45) is 0 Å². The summed E-state index contributed by atoms with van der Waals surface area (Å²) in [5.41, 5.74) is 2.86. The smallest absolute Gasteiger partial charge is 0.317 e. The summed E-state index contributed by atoms with van der Waals surface area (Å²) in [5, 5.41) is 6.77. The number of benzene rings is 1. The molecule has 5 nitrogen and oxygen atoms in total. The van der Waals surface area contributed by atoms with E-state index < -0.39 is 0 Å². The van der Waals surface area contributed by atoms with Crippen molar-refractivity contribution >= 4 is 6.03 Å². The molecule has 0 unspecified atom stereocenters. The van der Waals surface area contributed by atoms with Crippen molar-refractivity contribution in [3.63, 3.8) is 0 Å². The maximum atomic E-state index is 12.0. The molecule has 0 radical (unpaired) electrons. The molecule has 0 saturated heterocycles. The summed E-state index contributed by atoms with van der Waals surface area (Å²) in [7, 11) is 1.76. The molecule has 1 N–H and O–H groups in total. The Balaban J connectivity index is 1.89. The van der Waals surface area contributed by atoms with Crippen LogP contribution in [0.25, 0.3) is 0 Å². The number of nitrogens with one attached hydrogen (secondary N) is 1. The number of nitrogens with zero attached hydrogens (tertiary/aromatic N) is 2. The zero-order valence-corrected chi connectivity index (χ0v) is 12.0. The van der Waals surface area contributed by atoms with Crippen LogP contribution in [-0.2, 0) is 13.1 Å². The summed E-state index contributed by atoms with van der Waals surface area (Å²) in [6, 6.07) is 9.70. The largest absolute Gasteiger partial charge is 0.361 e. The van der Waals surface area contributed by atoms with E-state index in [1.54, 1.807) is 11.9 Å². The Morgan fingerprint density at radius 1 is 1.30 bits per heavy atom. The third kappa shape index (κ3) is 3.38. The van der Waals surface area contributed by atoms with Gasteiger partial charge in [-0.2, -0.15) is 0 Å². The number of amides is 2. The van der Waals surface area contributed by atoms with Gasteiger partial charge in [0.1, 0.15) is 5.76 Å². The minimum atomic E-state index is -0.117. The number of aromatic nitrogens is 1. The topological polar surface area (TPSA) is 58.4 Å². The van der Waals surface area contributed by atoms with E-state index in [2.05, 4.69) is 10.5 Å². The van der Waals surface area contributed by atoms with E-state index in [-0.39, 0.29) is 6.03 Å². The fourth-order valence-electron chi connectivity index (χ4n) is 1.95. The van der Waals surface area contributed by atoms with Crippen LogP contribution in [0.15, 0.2) is 34.9 Å². The highest BCUT2D eigenvalue weighted by Crippen LogP contribution is 2.14. The molecule has 1 aromatic heterocycles. The van der Waals surface area contributed by atoms with Gasteiger partial charge in [0, 0.05) is 19.2 Å². The van der Waals surface area contributed by atoms with Gasteiger partial charge in [0.25, 0.3) is 0 Å². The number of urea groups is 1. The second kappa shape index (κ2) is 6.23. The van der Waals surface area contributed by atoms with E-state index >= 15 is 0 Å². The molecule has 20 heavy (non-hydrogen) atoms. The van der Waals surface area contributed by atoms with Crippen molar-refractivity contribution < 1.29 is 9.32 Å². The Bertz CT molecular complexity index is 559. The highest BCUT2D eigenvalue weighted by molar-refractivity contribution is 5.73. The molecule has 2 aromatic rings. The molecule has 0 atom stereocenters. The van der Waals surface area contributed by atoms with Crippen LogP contribution >= 0.6 is 0 Å². The number of hydrogen-bond donors (Lipinski definition) is 1. The molecule has 1 heterocycles. The summed E-state index contributed by atoms with van der Waals surface area (Å²) >= 11 is 0. The number of carbonyl (C=O) groups is 1. The molecular formula is C15H19N3O2. The maximum absolute atomic E-state index is 12.0. The molecule has 5 heteroatoms. The molecule has 2 amide bonds. The number of carbonyl (C=O) groups excluding carboxylic acids is 1. The first kappa shape index (κ1) is 14.1. The van der Waals surface area contributed by atoms with Gasteiger partial charge in [-0.25, -0.2) is 4.79 Å². The van der Waals surface area contributed by atoms with Crippen LogP contribution in [-0.4, -0.2) is 23.1 Å². The van der Waals surface area contributed by atoms with Gasteiger partial charge in [-0.05, 0) is 19.4 Å². The average molecular weight is 273 g/mol. The van der Waals surface area contributed by atoms with Crippen LogP contribution in [0.1, 0.15) is 22.6 Å². The Kier molecular flexibility index (Phi) is 4.40. The number of rotatable bonds is 4. The zero-order valence-electron chi connectivity index (χ0n) is 12.0. The summed E-state index contributed by atoms with van der Waals surface area (Å²) in [5.74, 6) is 0.755. The lowest BCUT2D eigenvalue weighted by Crippen LogP contribution is -2.36. The van der Waals surface area contributed by atoms with Crippen molar-refractivity contribution in [3.8, 4) is 0 Å². The van der Waals surface area contributed by atoms with Gasteiger partial charge in [0.2, 0.25) is 0 Å². The van der Waals surface area contributed by atoms with E-state index in [1.807, 2.05) is 44.2 Å². The normalized spacial score (nSPS) is 10.3. The summed E-state index contributed by atoms with van der Waals surface area (Å²) in [6.07, 6.45) is 0. The first-order chi connectivity index (χ1) is 9.58. The quantitative estimate of drug-likeness (QED) is 0.931. The van der Waals surface area contributed by atoms with Gasteiger partial charge in [-0.3, -0.25) is 0 Å². The van der Waals surface area contributed by atoms with Gasteiger partial charge < -0.3 is 14.7 Å². The molecule has 1 aromatic carbocycles. The molecule has 0 aliphatic heterocycles. The van der Waals surface area contributed by atoms with Crippen molar-refractivity contribution in [2.75, 3.05) is 7.05 Å². The first-order valence-corrected chi connectivity index (χ1v) is 6.52. The second-order valence-corrected chi connectivity index (χ2v) is 4.80. The predicted molar refractivity (Wildman–Crippen MR) is 76.1 cm³/mol. The highest BCUT2D eigenvalue weighted by atomic mass is 16.5. The van der Waals surface area contributed by atoms with E-state index in [9.17, 15) is 4.79 Å². The molecule has 0 fully saturated rings. The van der Waals surface area contributed by atoms with Gasteiger partial charge in [0.05, 0.1) is 12.2 Å². The predicted octanol–water partition coefficient (Wildman–Crippen LogP) is 2.63. The fraction of sp³-hybridized carbons (Fsp3) is 0.333. The van der Waals surface area contributed by atoms with Crippen LogP contribution in [0.3, 0.4) is 0 Å². The van der Waals surface area contributed by atoms with Crippen molar-refractivity contribution in [1.82, 2.24) is 15.4 Å². The minimum absolute atomic E-state index is 0.117. The summed E-state index contributed by atoms with van der Waals surface area (Å²) < 4.78 is 5.10.